The van der Waals surface area contributed by atoms with Gasteiger partial charge in [0.25, 0.3) is 5.91 Å². The number of esters is 1. The molecular weight excluding hydrogens is 366 g/mol. The molecule has 1 amide bonds. The molecule has 1 aromatic carbocycles. The molecule has 1 atom stereocenters. The van der Waals surface area contributed by atoms with E-state index in [9.17, 15) is 9.59 Å². The number of ether oxygens (including phenoxy) is 2. The van der Waals surface area contributed by atoms with Gasteiger partial charge in [-0.2, -0.15) is 0 Å². The topological polar surface area (TPSA) is 64.6 Å². The average molecular weight is 398 g/mol. The van der Waals surface area contributed by atoms with E-state index in [1.165, 1.54) is 44.6 Å². The molecule has 5 rings (SSSR count). The SMILES string of the molecule is COc1cccc(/C=C/C(=O)OCC(=O)N[C@@H](C)C23CC4CC(CC(C4)C2)C3)c1. The van der Waals surface area contributed by atoms with Gasteiger partial charge in [-0.15, -0.1) is 0 Å². The van der Waals surface area contributed by atoms with E-state index in [2.05, 4.69) is 12.2 Å². The monoisotopic (exact) mass is 397 g/mol. The second-order valence-corrected chi connectivity index (χ2v) is 9.29. The van der Waals surface area contributed by atoms with E-state index in [1.54, 1.807) is 13.2 Å². The van der Waals surface area contributed by atoms with Crippen LogP contribution < -0.4 is 10.1 Å². The molecule has 4 aliphatic rings. The Labute approximate surface area is 172 Å². The zero-order valence-electron chi connectivity index (χ0n) is 17.4. The van der Waals surface area contributed by atoms with Crippen molar-refractivity contribution in [1.29, 1.82) is 0 Å². The van der Waals surface area contributed by atoms with Gasteiger partial charge in [-0.1, -0.05) is 12.1 Å². The molecule has 0 radical (unpaired) electrons. The summed E-state index contributed by atoms with van der Waals surface area (Å²) in [6.45, 7) is 1.90. The third-order valence-corrected chi connectivity index (χ3v) is 7.23. The van der Waals surface area contributed by atoms with Crippen LogP contribution in [0, 0.1) is 23.2 Å². The van der Waals surface area contributed by atoms with Crippen LogP contribution in [0.25, 0.3) is 6.08 Å². The van der Waals surface area contributed by atoms with E-state index in [-0.39, 0.29) is 24.0 Å². The molecule has 4 saturated carbocycles. The Kier molecular flexibility index (Phi) is 5.66. The predicted molar refractivity (Wildman–Crippen MR) is 111 cm³/mol. The van der Waals surface area contributed by atoms with Gasteiger partial charge in [0.1, 0.15) is 5.75 Å². The Balaban J connectivity index is 1.25. The van der Waals surface area contributed by atoms with Crippen LogP contribution in [0.15, 0.2) is 30.3 Å². The number of nitrogens with one attached hydrogen (secondary N) is 1. The van der Waals surface area contributed by atoms with Gasteiger partial charge < -0.3 is 14.8 Å². The highest BCUT2D eigenvalue weighted by molar-refractivity contribution is 5.89. The maximum absolute atomic E-state index is 12.4. The average Bonchev–Trinajstić information content (AvgIpc) is 2.70. The largest absolute Gasteiger partial charge is 0.497 e. The van der Waals surface area contributed by atoms with Crippen LogP contribution in [-0.2, 0) is 14.3 Å². The van der Waals surface area contributed by atoms with Crippen LogP contribution in [0.3, 0.4) is 0 Å². The van der Waals surface area contributed by atoms with Crippen molar-refractivity contribution < 1.29 is 19.1 Å². The van der Waals surface area contributed by atoms with Gasteiger partial charge in [0.2, 0.25) is 0 Å². The van der Waals surface area contributed by atoms with E-state index in [1.807, 2.05) is 24.3 Å². The number of hydrogen-bond donors (Lipinski definition) is 1. The number of hydrogen-bond acceptors (Lipinski definition) is 4. The molecule has 0 unspecified atom stereocenters. The van der Waals surface area contributed by atoms with E-state index in [0.29, 0.717) is 0 Å². The summed E-state index contributed by atoms with van der Waals surface area (Å²) in [5, 5.41) is 3.12. The van der Waals surface area contributed by atoms with Gasteiger partial charge >= 0.3 is 5.97 Å². The third-order valence-electron chi connectivity index (χ3n) is 7.23. The number of methoxy groups -OCH3 is 1. The first-order valence-electron chi connectivity index (χ1n) is 10.7. The van der Waals surface area contributed by atoms with Gasteiger partial charge in [-0.25, -0.2) is 4.79 Å². The molecule has 0 heterocycles. The molecule has 4 aliphatic carbocycles. The van der Waals surface area contributed by atoms with Crippen molar-refractivity contribution in [3.05, 3.63) is 35.9 Å². The maximum atomic E-state index is 12.4. The number of benzene rings is 1. The first-order chi connectivity index (χ1) is 14.0. The van der Waals surface area contributed by atoms with Gasteiger partial charge in [-0.05, 0) is 92.4 Å². The van der Waals surface area contributed by atoms with Gasteiger partial charge in [0.15, 0.2) is 6.61 Å². The predicted octanol–water partition coefficient (Wildman–Crippen LogP) is 3.97. The standard InChI is InChI=1S/C24H31NO4/c1-16(24-12-18-8-19(13-24)10-20(9-18)14-24)25-22(26)15-29-23(27)7-6-17-4-3-5-21(11-17)28-2/h3-7,11,16,18-20H,8-10,12-15H2,1-2H3,(H,25,26)/b7-6+/t16-,18?,19?,20?,24?/m0/s1. The van der Waals surface area contributed by atoms with Crippen LogP contribution >= 0.6 is 0 Å². The fourth-order valence-corrected chi connectivity index (χ4v) is 6.24. The molecule has 5 nitrogen and oxygen atoms in total. The molecular formula is C24H31NO4. The minimum Gasteiger partial charge on any atom is -0.497 e. The molecule has 0 spiro atoms. The van der Waals surface area contributed by atoms with Crippen molar-refractivity contribution in [2.24, 2.45) is 23.2 Å². The highest BCUT2D eigenvalue weighted by Crippen LogP contribution is 2.61. The number of carbonyl (C=O) groups is 2. The summed E-state index contributed by atoms with van der Waals surface area (Å²) in [7, 11) is 1.60. The maximum Gasteiger partial charge on any atom is 0.331 e. The van der Waals surface area contributed by atoms with Crippen LogP contribution in [0.1, 0.15) is 51.0 Å². The smallest absolute Gasteiger partial charge is 0.331 e. The minimum absolute atomic E-state index is 0.134. The molecule has 4 fully saturated rings. The Hall–Kier alpha value is -2.30. The lowest BCUT2D eigenvalue weighted by molar-refractivity contribution is -0.145. The van der Waals surface area contributed by atoms with E-state index in [4.69, 9.17) is 9.47 Å². The first kappa shape index (κ1) is 20.0. The second kappa shape index (κ2) is 8.21. The fraction of sp³-hybridized carbons (Fsp3) is 0.583. The quantitative estimate of drug-likeness (QED) is 0.558. The zero-order chi connectivity index (χ0) is 20.4. The molecule has 29 heavy (non-hydrogen) atoms. The van der Waals surface area contributed by atoms with Gasteiger partial charge in [0, 0.05) is 12.1 Å². The Bertz CT molecular complexity index is 765. The van der Waals surface area contributed by atoms with Crippen molar-refractivity contribution in [3.8, 4) is 5.75 Å². The molecule has 156 valence electrons. The Morgan fingerprint density at radius 2 is 1.83 bits per heavy atom. The van der Waals surface area contributed by atoms with Gasteiger partial charge in [0.05, 0.1) is 7.11 Å². The fourth-order valence-electron chi connectivity index (χ4n) is 6.24. The number of amides is 1. The van der Waals surface area contributed by atoms with E-state index in [0.717, 1.165) is 29.1 Å². The molecule has 5 heteroatoms. The Morgan fingerprint density at radius 3 is 2.45 bits per heavy atom. The second-order valence-electron chi connectivity index (χ2n) is 9.29. The summed E-state index contributed by atoms with van der Waals surface area (Å²) in [6, 6.07) is 7.51. The molecule has 0 aliphatic heterocycles. The molecule has 1 N–H and O–H groups in total. The highest BCUT2D eigenvalue weighted by atomic mass is 16.5. The molecule has 0 aromatic heterocycles. The van der Waals surface area contributed by atoms with Crippen LogP contribution in [0.5, 0.6) is 5.75 Å². The van der Waals surface area contributed by atoms with E-state index < -0.39 is 5.97 Å². The van der Waals surface area contributed by atoms with Crippen LogP contribution in [-0.4, -0.2) is 31.6 Å². The van der Waals surface area contributed by atoms with Crippen molar-refractivity contribution in [2.45, 2.75) is 51.5 Å². The zero-order valence-corrected chi connectivity index (χ0v) is 17.4. The summed E-state index contributed by atoms with van der Waals surface area (Å²) in [4.78, 5) is 24.3. The van der Waals surface area contributed by atoms with Gasteiger partial charge in [-0.3, -0.25) is 4.79 Å². The van der Waals surface area contributed by atoms with Crippen molar-refractivity contribution in [3.63, 3.8) is 0 Å². The lowest BCUT2D eigenvalue weighted by Gasteiger charge is -2.59. The normalized spacial score (nSPS) is 30.9. The third kappa shape index (κ3) is 4.49. The summed E-state index contributed by atoms with van der Waals surface area (Å²) in [5.41, 5.74) is 1.09. The summed E-state index contributed by atoms with van der Waals surface area (Å²) >= 11 is 0. The van der Waals surface area contributed by atoms with Crippen molar-refractivity contribution >= 4 is 18.0 Å². The summed E-state index contributed by atoms with van der Waals surface area (Å²) in [6.07, 6.45) is 10.9. The minimum atomic E-state index is -0.523. The lowest BCUT2D eigenvalue weighted by atomic mass is 9.48. The highest BCUT2D eigenvalue weighted by Gasteiger charge is 2.53. The first-order valence-corrected chi connectivity index (χ1v) is 10.7. The molecule has 1 aromatic rings. The number of carbonyl (C=O) groups excluding carboxylic acids is 2. The number of rotatable bonds is 7. The van der Waals surface area contributed by atoms with Crippen molar-refractivity contribution in [2.75, 3.05) is 13.7 Å². The summed E-state index contributed by atoms with van der Waals surface area (Å²) < 4.78 is 10.3. The molecule has 0 saturated heterocycles. The van der Waals surface area contributed by atoms with Crippen LogP contribution in [0.2, 0.25) is 0 Å². The molecule has 4 bridgehead atoms. The Morgan fingerprint density at radius 1 is 1.17 bits per heavy atom. The van der Waals surface area contributed by atoms with Crippen LogP contribution in [0.4, 0.5) is 0 Å². The van der Waals surface area contributed by atoms with Crippen molar-refractivity contribution in [1.82, 2.24) is 5.32 Å². The van der Waals surface area contributed by atoms with E-state index >= 15 is 0 Å². The summed E-state index contributed by atoms with van der Waals surface area (Å²) in [5.74, 6) is 2.53. The lowest BCUT2D eigenvalue weighted by Crippen LogP contribution is -2.56.